The van der Waals surface area contributed by atoms with Gasteiger partial charge in [0.05, 0.1) is 17.4 Å². The number of fused-ring (bicyclic) bond motifs is 2. The first-order chi connectivity index (χ1) is 11.6. The number of halogens is 3. The van der Waals surface area contributed by atoms with Crippen LogP contribution in [0.1, 0.15) is 0 Å². The molecule has 0 fully saturated rings. The fraction of sp³-hybridized carbons (Fsp3) is 0. The van der Waals surface area contributed by atoms with E-state index in [0.717, 1.165) is 0 Å². The molecule has 0 saturated heterocycles. The third-order valence-corrected chi connectivity index (χ3v) is 4.03. The summed E-state index contributed by atoms with van der Waals surface area (Å²) in [6.07, 6.45) is 5.15. The van der Waals surface area contributed by atoms with Crippen LogP contribution in [0.4, 0.5) is 14.6 Å². The Morgan fingerprint density at radius 2 is 2.08 bits per heavy atom. The number of carbonyl (C=O) groups is 1. The lowest BCUT2D eigenvalue weighted by molar-refractivity contribution is -0.105. The molecule has 0 aliphatic heterocycles. The zero-order valence-corrected chi connectivity index (χ0v) is 12.6. The average molecular weight is 348 g/mol. The van der Waals surface area contributed by atoms with Gasteiger partial charge in [-0.1, -0.05) is 11.6 Å². The molecule has 120 valence electrons. The van der Waals surface area contributed by atoms with Gasteiger partial charge in [0.2, 0.25) is 6.41 Å². The van der Waals surface area contributed by atoms with Crippen LogP contribution in [0.5, 0.6) is 0 Å². The van der Waals surface area contributed by atoms with Crippen molar-refractivity contribution in [3.63, 3.8) is 0 Å². The molecule has 0 atom stereocenters. The quantitative estimate of drug-likeness (QED) is 0.440. The van der Waals surface area contributed by atoms with Gasteiger partial charge in [-0.15, -0.1) is 0 Å². The molecule has 0 saturated carbocycles. The zero-order valence-electron chi connectivity index (χ0n) is 11.8. The highest BCUT2D eigenvalue weighted by molar-refractivity contribution is 6.35. The number of aromatic nitrogens is 4. The molecule has 0 unspecified atom stereocenters. The summed E-state index contributed by atoms with van der Waals surface area (Å²) < 4.78 is 29.7. The van der Waals surface area contributed by atoms with Gasteiger partial charge in [0.1, 0.15) is 11.2 Å². The molecule has 0 spiro atoms. The Kier molecular flexibility index (Phi) is 3.20. The number of pyridine rings is 1. The smallest absolute Gasteiger partial charge is 0.212 e. The molecule has 0 aliphatic carbocycles. The van der Waals surface area contributed by atoms with Crippen molar-refractivity contribution in [2.24, 2.45) is 0 Å². The van der Waals surface area contributed by atoms with Gasteiger partial charge in [0, 0.05) is 22.7 Å². The molecule has 24 heavy (non-hydrogen) atoms. The number of anilines is 1. The SMILES string of the molecule is O=CNc1cn2cc(-c3c(Cl)c(F)c(F)c4[nH]ncc34)ccc2n1. The molecule has 9 heteroatoms. The van der Waals surface area contributed by atoms with Crippen molar-refractivity contribution >= 4 is 40.4 Å². The fourth-order valence-electron chi connectivity index (χ4n) is 2.63. The lowest BCUT2D eigenvalue weighted by atomic mass is 10.0. The van der Waals surface area contributed by atoms with E-state index >= 15 is 0 Å². The first-order valence-electron chi connectivity index (χ1n) is 6.79. The minimum atomic E-state index is -1.14. The molecular weight excluding hydrogens is 340 g/mol. The van der Waals surface area contributed by atoms with Crippen molar-refractivity contribution in [1.29, 1.82) is 0 Å². The Labute approximate surface area is 138 Å². The first kappa shape index (κ1) is 14.6. The molecule has 0 radical (unpaired) electrons. The Hall–Kier alpha value is -3.00. The van der Waals surface area contributed by atoms with Gasteiger partial charge >= 0.3 is 0 Å². The second kappa shape index (κ2) is 5.27. The summed E-state index contributed by atoms with van der Waals surface area (Å²) >= 11 is 6.03. The van der Waals surface area contributed by atoms with Crippen molar-refractivity contribution in [2.45, 2.75) is 0 Å². The van der Waals surface area contributed by atoms with Crippen LogP contribution in [0.2, 0.25) is 5.02 Å². The Balaban J connectivity index is 1.99. The maximum Gasteiger partial charge on any atom is 0.212 e. The van der Waals surface area contributed by atoms with Gasteiger partial charge in [-0.2, -0.15) is 5.10 Å². The van der Waals surface area contributed by atoms with Gasteiger partial charge in [0.25, 0.3) is 0 Å². The molecule has 4 rings (SSSR count). The summed E-state index contributed by atoms with van der Waals surface area (Å²) in [7, 11) is 0. The maximum atomic E-state index is 14.1. The van der Waals surface area contributed by atoms with E-state index in [0.29, 0.717) is 34.4 Å². The number of imidazole rings is 1. The molecule has 0 aliphatic rings. The Morgan fingerprint density at radius 3 is 2.88 bits per heavy atom. The summed E-state index contributed by atoms with van der Waals surface area (Å²) in [6.45, 7) is 0. The minimum Gasteiger partial charge on any atom is -0.312 e. The molecule has 0 bridgehead atoms. The zero-order chi connectivity index (χ0) is 16.8. The molecule has 4 aromatic rings. The van der Waals surface area contributed by atoms with Gasteiger partial charge in [-0.05, 0) is 12.1 Å². The third kappa shape index (κ3) is 2.04. The van der Waals surface area contributed by atoms with E-state index in [1.807, 2.05) is 0 Å². The van der Waals surface area contributed by atoms with E-state index in [2.05, 4.69) is 20.5 Å². The van der Waals surface area contributed by atoms with Gasteiger partial charge in [0.15, 0.2) is 17.5 Å². The third-order valence-electron chi connectivity index (χ3n) is 3.68. The van der Waals surface area contributed by atoms with Crippen LogP contribution in [0.15, 0.2) is 30.7 Å². The first-order valence-corrected chi connectivity index (χ1v) is 7.17. The summed E-state index contributed by atoms with van der Waals surface area (Å²) in [5.74, 6) is -1.85. The summed E-state index contributed by atoms with van der Waals surface area (Å²) in [4.78, 5) is 14.7. The minimum absolute atomic E-state index is 0.0547. The normalized spacial score (nSPS) is 11.3. The lowest BCUT2D eigenvalue weighted by Gasteiger charge is -2.09. The van der Waals surface area contributed by atoms with Crippen molar-refractivity contribution in [3.05, 3.63) is 47.4 Å². The fourth-order valence-corrected chi connectivity index (χ4v) is 2.92. The Morgan fingerprint density at radius 1 is 1.25 bits per heavy atom. The van der Waals surface area contributed by atoms with E-state index < -0.39 is 11.6 Å². The van der Waals surface area contributed by atoms with E-state index in [-0.39, 0.29) is 10.5 Å². The highest BCUT2D eigenvalue weighted by Gasteiger charge is 2.21. The van der Waals surface area contributed by atoms with Crippen LogP contribution in [0.3, 0.4) is 0 Å². The van der Waals surface area contributed by atoms with Gasteiger partial charge in [-0.3, -0.25) is 9.89 Å². The number of benzene rings is 1. The van der Waals surface area contributed by atoms with E-state index in [1.165, 1.54) is 6.20 Å². The standard InChI is InChI=1S/C15H8ClF2N5O/c16-12-11(8-3-20-22-15(8)14(18)13(12)17)7-1-2-10-21-9(19-6-24)5-23(10)4-7/h1-6H,(H,19,24)(H,20,22). The molecular formula is C15H8ClF2N5O. The largest absolute Gasteiger partial charge is 0.312 e. The van der Waals surface area contributed by atoms with Crippen LogP contribution in [0, 0.1) is 11.6 Å². The Bertz CT molecular complexity index is 1100. The number of nitrogens with zero attached hydrogens (tertiary/aromatic N) is 3. The number of nitrogens with one attached hydrogen (secondary N) is 2. The number of amides is 1. The van der Waals surface area contributed by atoms with Gasteiger partial charge < -0.3 is 9.72 Å². The molecule has 2 N–H and O–H groups in total. The molecule has 3 aromatic heterocycles. The lowest BCUT2D eigenvalue weighted by Crippen LogP contribution is -1.94. The van der Waals surface area contributed by atoms with Crippen LogP contribution < -0.4 is 5.32 Å². The number of rotatable bonds is 3. The predicted molar refractivity (Wildman–Crippen MR) is 84.9 cm³/mol. The van der Waals surface area contributed by atoms with Crippen molar-refractivity contribution in [3.8, 4) is 11.1 Å². The maximum absolute atomic E-state index is 14.1. The highest BCUT2D eigenvalue weighted by atomic mass is 35.5. The molecule has 3 heterocycles. The molecule has 1 amide bonds. The molecule has 6 nitrogen and oxygen atoms in total. The average Bonchev–Trinajstić information content (AvgIpc) is 3.19. The second-order valence-corrected chi connectivity index (χ2v) is 5.43. The van der Waals surface area contributed by atoms with Crippen molar-refractivity contribution < 1.29 is 13.6 Å². The summed E-state index contributed by atoms with van der Waals surface area (Å²) in [5, 5.41) is 8.68. The highest BCUT2D eigenvalue weighted by Crippen LogP contribution is 2.38. The monoisotopic (exact) mass is 347 g/mol. The van der Waals surface area contributed by atoms with E-state index in [1.54, 1.807) is 28.9 Å². The number of carbonyl (C=O) groups excluding carboxylic acids is 1. The summed E-state index contributed by atoms with van der Waals surface area (Å²) in [5.41, 5.74) is 1.39. The van der Waals surface area contributed by atoms with Crippen LogP contribution in [-0.4, -0.2) is 26.0 Å². The van der Waals surface area contributed by atoms with E-state index in [4.69, 9.17) is 11.6 Å². The van der Waals surface area contributed by atoms with Crippen LogP contribution in [-0.2, 0) is 4.79 Å². The summed E-state index contributed by atoms with van der Waals surface area (Å²) in [6, 6.07) is 3.35. The van der Waals surface area contributed by atoms with E-state index in [9.17, 15) is 13.6 Å². The number of hydrogen-bond donors (Lipinski definition) is 2. The number of aromatic amines is 1. The molecule has 1 aromatic carbocycles. The number of H-pyrrole nitrogens is 1. The van der Waals surface area contributed by atoms with Crippen molar-refractivity contribution in [1.82, 2.24) is 19.6 Å². The van der Waals surface area contributed by atoms with Crippen LogP contribution in [0.25, 0.3) is 27.7 Å². The van der Waals surface area contributed by atoms with Crippen LogP contribution >= 0.6 is 11.6 Å². The second-order valence-electron chi connectivity index (χ2n) is 5.05. The number of hydrogen-bond acceptors (Lipinski definition) is 3. The topological polar surface area (TPSA) is 75.1 Å². The van der Waals surface area contributed by atoms with Crippen molar-refractivity contribution in [2.75, 3.05) is 5.32 Å². The van der Waals surface area contributed by atoms with Gasteiger partial charge in [-0.25, -0.2) is 13.8 Å². The predicted octanol–water partition coefficient (Wildman–Crippen LogP) is 3.38.